The summed E-state index contributed by atoms with van der Waals surface area (Å²) in [5.74, 6) is 0.732. The number of aromatic nitrogens is 1. The number of hydrogen-bond donors (Lipinski definition) is 1. The van der Waals surface area contributed by atoms with Crippen molar-refractivity contribution in [2.24, 2.45) is 0 Å². The van der Waals surface area contributed by atoms with Gasteiger partial charge in [0.2, 0.25) is 0 Å². The second kappa shape index (κ2) is 7.64. The maximum atomic E-state index is 11.0. The standard InChI is InChI=1S/C15H17N3O2S/c1-2-8-16-13-10-12(6-7-14(13)18(19)20)11-21-15-5-3-4-9-17-15/h3-7,9-10,16H,2,8,11H2,1H3. The van der Waals surface area contributed by atoms with Gasteiger partial charge < -0.3 is 5.32 Å². The molecular weight excluding hydrogens is 286 g/mol. The summed E-state index contributed by atoms with van der Waals surface area (Å²) in [6.45, 7) is 2.75. The molecule has 5 nitrogen and oxygen atoms in total. The number of anilines is 1. The van der Waals surface area contributed by atoms with E-state index in [1.54, 1.807) is 30.1 Å². The normalized spacial score (nSPS) is 10.3. The Bertz CT molecular complexity index is 605. The lowest BCUT2D eigenvalue weighted by Crippen LogP contribution is -2.03. The third kappa shape index (κ3) is 4.46. The Morgan fingerprint density at radius 2 is 2.19 bits per heavy atom. The van der Waals surface area contributed by atoms with Gasteiger partial charge >= 0.3 is 0 Å². The maximum absolute atomic E-state index is 11.0. The molecule has 0 unspecified atom stereocenters. The van der Waals surface area contributed by atoms with Gasteiger partial charge in [0.1, 0.15) is 5.69 Å². The van der Waals surface area contributed by atoms with Crippen molar-refractivity contribution < 1.29 is 4.92 Å². The van der Waals surface area contributed by atoms with Crippen LogP contribution in [-0.4, -0.2) is 16.5 Å². The Labute approximate surface area is 127 Å². The van der Waals surface area contributed by atoms with Gasteiger partial charge in [-0.2, -0.15) is 0 Å². The van der Waals surface area contributed by atoms with Crippen LogP contribution in [0, 0.1) is 10.1 Å². The van der Waals surface area contributed by atoms with E-state index in [1.807, 2.05) is 31.2 Å². The minimum Gasteiger partial charge on any atom is -0.379 e. The van der Waals surface area contributed by atoms with Crippen LogP contribution in [0.3, 0.4) is 0 Å². The SMILES string of the molecule is CCCNc1cc(CSc2ccccn2)ccc1[N+](=O)[O-]. The maximum Gasteiger partial charge on any atom is 0.292 e. The number of pyridine rings is 1. The van der Waals surface area contributed by atoms with Crippen LogP contribution in [-0.2, 0) is 5.75 Å². The first-order valence-electron chi connectivity index (χ1n) is 6.75. The van der Waals surface area contributed by atoms with Crippen molar-refractivity contribution >= 4 is 23.1 Å². The Kier molecular flexibility index (Phi) is 5.57. The number of nitro groups is 1. The Balaban J connectivity index is 2.11. The molecule has 110 valence electrons. The van der Waals surface area contributed by atoms with Crippen LogP contribution in [0.25, 0.3) is 0 Å². The Morgan fingerprint density at radius 1 is 1.33 bits per heavy atom. The lowest BCUT2D eigenvalue weighted by molar-refractivity contribution is -0.384. The summed E-state index contributed by atoms with van der Waals surface area (Å²) in [4.78, 5) is 14.9. The van der Waals surface area contributed by atoms with E-state index in [-0.39, 0.29) is 10.6 Å². The van der Waals surface area contributed by atoms with Crippen LogP contribution in [0.15, 0.2) is 47.6 Å². The van der Waals surface area contributed by atoms with Gasteiger partial charge in [0.25, 0.3) is 5.69 Å². The number of nitrogens with one attached hydrogen (secondary N) is 1. The predicted molar refractivity (Wildman–Crippen MR) is 85.7 cm³/mol. The molecule has 1 aromatic heterocycles. The van der Waals surface area contributed by atoms with Crippen molar-refractivity contribution in [1.82, 2.24) is 4.98 Å². The molecule has 0 aliphatic rings. The number of nitrogens with zero attached hydrogens (tertiary/aromatic N) is 2. The molecule has 0 aliphatic carbocycles. The van der Waals surface area contributed by atoms with Crippen molar-refractivity contribution in [2.45, 2.75) is 24.1 Å². The summed E-state index contributed by atoms with van der Waals surface area (Å²) in [7, 11) is 0. The molecule has 21 heavy (non-hydrogen) atoms. The largest absolute Gasteiger partial charge is 0.379 e. The van der Waals surface area contributed by atoms with Crippen LogP contribution in [0.1, 0.15) is 18.9 Å². The van der Waals surface area contributed by atoms with Crippen LogP contribution in [0.4, 0.5) is 11.4 Å². The van der Waals surface area contributed by atoms with E-state index < -0.39 is 0 Å². The average molecular weight is 303 g/mol. The van der Waals surface area contributed by atoms with E-state index in [2.05, 4.69) is 10.3 Å². The average Bonchev–Trinajstić information content (AvgIpc) is 2.51. The van der Waals surface area contributed by atoms with Crippen molar-refractivity contribution in [3.8, 4) is 0 Å². The summed E-state index contributed by atoms with van der Waals surface area (Å²) in [6, 6.07) is 11.0. The second-order valence-corrected chi connectivity index (χ2v) is 5.49. The number of rotatable bonds is 7. The summed E-state index contributed by atoms with van der Waals surface area (Å²) >= 11 is 1.61. The molecule has 1 N–H and O–H groups in total. The topological polar surface area (TPSA) is 68.1 Å². The molecule has 0 fully saturated rings. The van der Waals surface area contributed by atoms with Crippen molar-refractivity contribution in [1.29, 1.82) is 0 Å². The van der Waals surface area contributed by atoms with Crippen LogP contribution < -0.4 is 5.32 Å². The van der Waals surface area contributed by atoms with Gasteiger partial charge in [0.05, 0.1) is 9.95 Å². The summed E-state index contributed by atoms with van der Waals surface area (Å²) in [6.07, 6.45) is 2.68. The highest BCUT2D eigenvalue weighted by atomic mass is 32.2. The predicted octanol–water partition coefficient (Wildman–Crippen LogP) is 4.10. The van der Waals surface area contributed by atoms with Crippen molar-refractivity contribution in [3.63, 3.8) is 0 Å². The fourth-order valence-corrected chi connectivity index (χ4v) is 2.63. The zero-order chi connectivity index (χ0) is 15.1. The van der Waals surface area contributed by atoms with Gasteiger partial charge in [-0.25, -0.2) is 4.98 Å². The lowest BCUT2D eigenvalue weighted by Gasteiger charge is -2.08. The molecule has 6 heteroatoms. The monoisotopic (exact) mass is 303 g/mol. The molecule has 0 bridgehead atoms. The highest BCUT2D eigenvalue weighted by Crippen LogP contribution is 2.28. The molecule has 0 spiro atoms. The molecule has 0 saturated heterocycles. The minimum absolute atomic E-state index is 0.120. The van der Waals surface area contributed by atoms with Crippen LogP contribution in [0.2, 0.25) is 0 Å². The summed E-state index contributed by atoms with van der Waals surface area (Å²) in [5.41, 5.74) is 1.74. The van der Waals surface area contributed by atoms with Crippen molar-refractivity contribution in [2.75, 3.05) is 11.9 Å². The molecule has 2 rings (SSSR count). The Morgan fingerprint density at radius 3 is 2.86 bits per heavy atom. The molecule has 0 aliphatic heterocycles. The number of nitro benzene ring substituents is 1. The van der Waals surface area contributed by atoms with E-state index in [4.69, 9.17) is 0 Å². The van der Waals surface area contributed by atoms with Gasteiger partial charge in [0.15, 0.2) is 0 Å². The summed E-state index contributed by atoms with van der Waals surface area (Å²) < 4.78 is 0. The molecule has 2 aromatic rings. The van der Waals surface area contributed by atoms with Gasteiger partial charge in [-0.3, -0.25) is 10.1 Å². The quantitative estimate of drug-likeness (QED) is 0.474. The molecular formula is C15H17N3O2S. The first kappa shape index (κ1) is 15.3. The number of thioether (sulfide) groups is 1. The van der Waals surface area contributed by atoms with Gasteiger partial charge in [0, 0.05) is 24.6 Å². The second-order valence-electron chi connectivity index (χ2n) is 4.49. The number of benzene rings is 1. The molecule has 1 aromatic carbocycles. The zero-order valence-electron chi connectivity index (χ0n) is 11.8. The first-order chi connectivity index (χ1) is 10.2. The first-order valence-corrected chi connectivity index (χ1v) is 7.74. The van der Waals surface area contributed by atoms with E-state index in [9.17, 15) is 10.1 Å². The fraction of sp³-hybridized carbons (Fsp3) is 0.267. The molecule has 1 heterocycles. The minimum atomic E-state index is -0.354. The third-order valence-corrected chi connectivity index (χ3v) is 3.86. The van der Waals surface area contributed by atoms with E-state index in [0.717, 1.165) is 29.3 Å². The molecule has 0 saturated carbocycles. The van der Waals surface area contributed by atoms with Crippen LogP contribution in [0.5, 0.6) is 0 Å². The zero-order valence-corrected chi connectivity index (χ0v) is 12.6. The van der Waals surface area contributed by atoms with Crippen LogP contribution >= 0.6 is 11.8 Å². The molecule has 0 atom stereocenters. The highest BCUT2D eigenvalue weighted by Gasteiger charge is 2.13. The van der Waals surface area contributed by atoms with Gasteiger partial charge in [-0.05, 0) is 30.2 Å². The molecule has 0 amide bonds. The van der Waals surface area contributed by atoms with E-state index in [0.29, 0.717) is 5.69 Å². The highest BCUT2D eigenvalue weighted by molar-refractivity contribution is 7.98. The van der Waals surface area contributed by atoms with Crippen molar-refractivity contribution in [3.05, 3.63) is 58.3 Å². The third-order valence-electron chi connectivity index (χ3n) is 2.85. The van der Waals surface area contributed by atoms with E-state index >= 15 is 0 Å². The van der Waals surface area contributed by atoms with E-state index in [1.165, 1.54) is 0 Å². The lowest BCUT2D eigenvalue weighted by atomic mass is 10.2. The van der Waals surface area contributed by atoms with Gasteiger partial charge in [-0.1, -0.05) is 19.1 Å². The Hall–Kier alpha value is -2.08. The number of hydrogen-bond acceptors (Lipinski definition) is 5. The van der Waals surface area contributed by atoms with Gasteiger partial charge in [-0.15, -0.1) is 11.8 Å². The fourth-order valence-electron chi connectivity index (χ4n) is 1.82. The molecule has 0 radical (unpaired) electrons. The smallest absolute Gasteiger partial charge is 0.292 e. The summed E-state index contributed by atoms with van der Waals surface area (Å²) in [5, 5.41) is 15.1.